The van der Waals surface area contributed by atoms with E-state index in [1.54, 1.807) is 24.3 Å². The molecule has 0 saturated heterocycles. The van der Waals surface area contributed by atoms with Crippen molar-refractivity contribution in [2.24, 2.45) is 0 Å². The number of H-pyrrole nitrogens is 1. The van der Waals surface area contributed by atoms with Gasteiger partial charge in [-0.25, -0.2) is 9.97 Å². The highest BCUT2D eigenvalue weighted by Gasteiger charge is 2.21. The third-order valence-corrected chi connectivity index (χ3v) is 3.92. The number of aromatic amines is 1. The van der Waals surface area contributed by atoms with E-state index < -0.39 is 0 Å². The second-order valence-electron chi connectivity index (χ2n) is 4.49. The molecule has 3 aromatic heterocycles. The van der Waals surface area contributed by atoms with Crippen LogP contribution in [0.2, 0.25) is 0 Å². The zero-order chi connectivity index (χ0) is 14.8. The van der Waals surface area contributed by atoms with Crippen LogP contribution in [0.5, 0.6) is 0 Å². The van der Waals surface area contributed by atoms with Crippen molar-refractivity contribution in [1.29, 1.82) is 0 Å². The molecule has 0 aliphatic carbocycles. The summed E-state index contributed by atoms with van der Waals surface area (Å²) in [5, 5.41) is 7.19. The molecule has 8 heteroatoms. The van der Waals surface area contributed by atoms with E-state index in [1.807, 2.05) is 13.0 Å². The lowest BCUT2D eigenvalue weighted by Gasteiger charge is -2.14. The van der Waals surface area contributed by atoms with Crippen molar-refractivity contribution in [2.75, 3.05) is 7.05 Å². The predicted octanol–water partition coefficient (Wildman–Crippen LogP) is 2.10. The number of carbonyl (C=O) groups excluding carboxylic acids is 1. The standard InChI is InChI=1S/C13H13N5O2S/c1-8-11(16-12(21-8)9-4-3-5-20-9)13(19)18(2)6-10-14-7-15-17-10/h3-5,7H,6H2,1-2H3,(H,14,15,17). The quantitative estimate of drug-likeness (QED) is 0.797. The highest BCUT2D eigenvalue weighted by atomic mass is 32.1. The summed E-state index contributed by atoms with van der Waals surface area (Å²) in [5.41, 5.74) is 0.438. The van der Waals surface area contributed by atoms with E-state index in [9.17, 15) is 4.79 Å². The molecular weight excluding hydrogens is 290 g/mol. The molecule has 0 radical (unpaired) electrons. The first-order valence-corrected chi connectivity index (χ1v) is 7.08. The molecule has 0 spiro atoms. The van der Waals surface area contributed by atoms with Crippen molar-refractivity contribution in [3.8, 4) is 10.8 Å². The Kier molecular flexibility index (Phi) is 3.53. The van der Waals surface area contributed by atoms with Gasteiger partial charge >= 0.3 is 0 Å². The summed E-state index contributed by atoms with van der Waals surface area (Å²) in [7, 11) is 1.70. The summed E-state index contributed by atoms with van der Waals surface area (Å²) < 4.78 is 5.31. The van der Waals surface area contributed by atoms with E-state index in [0.717, 1.165) is 4.88 Å². The molecule has 0 unspecified atom stereocenters. The Bertz CT molecular complexity index is 733. The maximum absolute atomic E-state index is 12.5. The van der Waals surface area contributed by atoms with Gasteiger partial charge in [-0.2, -0.15) is 5.10 Å². The Morgan fingerprint density at radius 3 is 3.05 bits per heavy atom. The van der Waals surface area contributed by atoms with Crippen LogP contribution in [0.4, 0.5) is 0 Å². The summed E-state index contributed by atoms with van der Waals surface area (Å²) in [6, 6.07) is 3.62. The van der Waals surface area contributed by atoms with Gasteiger partial charge in [-0.3, -0.25) is 9.89 Å². The van der Waals surface area contributed by atoms with Crippen molar-refractivity contribution in [3.63, 3.8) is 0 Å². The lowest BCUT2D eigenvalue weighted by Crippen LogP contribution is -2.27. The molecule has 0 aromatic carbocycles. The molecule has 0 aliphatic heterocycles. The van der Waals surface area contributed by atoms with Gasteiger partial charge in [-0.15, -0.1) is 11.3 Å². The largest absolute Gasteiger partial charge is 0.462 e. The number of furan rings is 1. The molecule has 1 amide bonds. The van der Waals surface area contributed by atoms with Gasteiger partial charge in [-0.1, -0.05) is 0 Å². The van der Waals surface area contributed by atoms with Crippen molar-refractivity contribution < 1.29 is 9.21 Å². The summed E-state index contributed by atoms with van der Waals surface area (Å²) in [4.78, 5) is 23.3. The lowest BCUT2D eigenvalue weighted by atomic mass is 10.3. The third kappa shape index (κ3) is 2.70. The summed E-state index contributed by atoms with van der Waals surface area (Å²) in [6.45, 7) is 2.23. The molecular formula is C13H13N5O2S. The molecule has 0 saturated carbocycles. The molecule has 3 aromatic rings. The second kappa shape index (κ2) is 5.49. The number of rotatable bonds is 4. The maximum atomic E-state index is 12.5. The van der Waals surface area contributed by atoms with Gasteiger partial charge in [0.1, 0.15) is 17.8 Å². The molecule has 0 bridgehead atoms. The highest BCUT2D eigenvalue weighted by molar-refractivity contribution is 7.15. The van der Waals surface area contributed by atoms with E-state index in [0.29, 0.717) is 28.8 Å². The van der Waals surface area contributed by atoms with Gasteiger partial charge in [0.15, 0.2) is 10.8 Å². The first-order chi connectivity index (χ1) is 10.1. The van der Waals surface area contributed by atoms with Gasteiger partial charge in [-0.05, 0) is 19.1 Å². The fourth-order valence-corrected chi connectivity index (χ4v) is 2.76. The second-order valence-corrected chi connectivity index (χ2v) is 5.70. The minimum atomic E-state index is -0.155. The Balaban J connectivity index is 1.81. The number of nitrogens with zero attached hydrogens (tertiary/aromatic N) is 4. The molecule has 0 aliphatic rings. The Hall–Kier alpha value is -2.48. The van der Waals surface area contributed by atoms with Gasteiger partial charge in [0.2, 0.25) is 0 Å². The van der Waals surface area contributed by atoms with Gasteiger partial charge < -0.3 is 9.32 Å². The van der Waals surface area contributed by atoms with E-state index in [-0.39, 0.29) is 5.91 Å². The van der Waals surface area contributed by atoms with Gasteiger partial charge in [0.25, 0.3) is 5.91 Å². The number of aromatic nitrogens is 4. The number of amides is 1. The van der Waals surface area contributed by atoms with Crippen LogP contribution in [0.15, 0.2) is 29.1 Å². The Morgan fingerprint density at radius 1 is 1.52 bits per heavy atom. The van der Waals surface area contributed by atoms with Crippen molar-refractivity contribution >= 4 is 17.2 Å². The number of carbonyl (C=O) groups is 1. The first kappa shape index (κ1) is 13.5. The topological polar surface area (TPSA) is 87.9 Å². The fraction of sp³-hybridized carbons (Fsp3) is 0.231. The van der Waals surface area contributed by atoms with Crippen LogP contribution in [-0.2, 0) is 6.54 Å². The maximum Gasteiger partial charge on any atom is 0.273 e. The SMILES string of the molecule is Cc1sc(-c2ccco2)nc1C(=O)N(C)Cc1ncn[nH]1. The summed E-state index contributed by atoms with van der Waals surface area (Å²) in [5.74, 6) is 1.14. The van der Waals surface area contributed by atoms with Crippen LogP contribution in [0.3, 0.4) is 0 Å². The lowest BCUT2D eigenvalue weighted by molar-refractivity contribution is 0.0776. The van der Waals surface area contributed by atoms with Crippen LogP contribution in [0.1, 0.15) is 21.2 Å². The third-order valence-electron chi connectivity index (χ3n) is 2.93. The minimum absolute atomic E-state index is 0.155. The number of nitrogens with one attached hydrogen (secondary N) is 1. The van der Waals surface area contributed by atoms with Crippen molar-refractivity contribution in [1.82, 2.24) is 25.1 Å². The highest BCUT2D eigenvalue weighted by Crippen LogP contribution is 2.28. The number of aryl methyl sites for hydroxylation is 1. The zero-order valence-corrected chi connectivity index (χ0v) is 12.3. The molecule has 108 valence electrons. The number of hydrogen-bond acceptors (Lipinski definition) is 6. The van der Waals surface area contributed by atoms with Crippen LogP contribution >= 0.6 is 11.3 Å². The van der Waals surface area contributed by atoms with E-state index in [2.05, 4.69) is 20.2 Å². The van der Waals surface area contributed by atoms with Crippen molar-refractivity contribution in [2.45, 2.75) is 13.5 Å². The average Bonchev–Trinajstić information content (AvgIpc) is 3.18. The number of thiazole rings is 1. The molecule has 0 atom stereocenters. The first-order valence-electron chi connectivity index (χ1n) is 6.26. The average molecular weight is 303 g/mol. The van der Waals surface area contributed by atoms with E-state index >= 15 is 0 Å². The molecule has 3 heterocycles. The molecule has 7 nitrogen and oxygen atoms in total. The normalized spacial score (nSPS) is 10.8. The van der Waals surface area contributed by atoms with E-state index in [1.165, 1.54) is 17.7 Å². The molecule has 0 fully saturated rings. The van der Waals surface area contributed by atoms with Crippen LogP contribution in [0.25, 0.3) is 10.8 Å². The molecule has 1 N–H and O–H groups in total. The summed E-state index contributed by atoms with van der Waals surface area (Å²) >= 11 is 1.44. The Morgan fingerprint density at radius 2 is 2.38 bits per heavy atom. The van der Waals surface area contributed by atoms with Crippen LogP contribution in [0, 0.1) is 6.92 Å². The smallest absolute Gasteiger partial charge is 0.273 e. The predicted molar refractivity (Wildman–Crippen MR) is 76.7 cm³/mol. The monoisotopic (exact) mass is 303 g/mol. The molecule has 21 heavy (non-hydrogen) atoms. The van der Waals surface area contributed by atoms with Crippen molar-refractivity contribution in [3.05, 3.63) is 41.1 Å². The summed E-state index contributed by atoms with van der Waals surface area (Å²) in [6.07, 6.45) is 3.00. The number of hydrogen-bond donors (Lipinski definition) is 1. The molecule has 3 rings (SSSR count). The van der Waals surface area contributed by atoms with Gasteiger partial charge in [0.05, 0.1) is 12.8 Å². The fourth-order valence-electron chi connectivity index (χ4n) is 1.88. The van der Waals surface area contributed by atoms with Crippen LogP contribution in [-0.4, -0.2) is 38.0 Å². The van der Waals surface area contributed by atoms with E-state index in [4.69, 9.17) is 4.42 Å². The minimum Gasteiger partial charge on any atom is -0.462 e. The zero-order valence-electron chi connectivity index (χ0n) is 11.5. The van der Waals surface area contributed by atoms with Crippen LogP contribution < -0.4 is 0 Å². The van der Waals surface area contributed by atoms with Gasteiger partial charge in [0, 0.05) is 11.9 Å². The Labute approximate surface area is 124 Å².